The van der Waals surface area contributed by atoms with Gasteiger partial charge in [0.15, 0.2) is 0 Å². The zero-order valence-electron chi connectivity index (χ0n) is 10.8. The lowest BCUT2D eigenvalue weighted by atomic mass is 9.99. The zero-order chi connectivity index (χ0) is 12.7. The fourth-order valence-corrected chi connectivity index (χ4v) is 1.92. The van der Waals surface area contributed by atoms with Crippen LogP contribution < -0.4 is 5.73 Å². The molecule has 1 aromatic carbocycles. The molecule has 0 aliphatic carbocycles. The molecular weight excluding hydrogens is 212 g/mol. The smallest absolute Gasteiger partial charge is 0.0524 e. The van der Waals surface area contributed by atoms with Gasteiger partial charge in [-0.05, 0) is 26.0 Å². The largest absolute Gasteiger partial charge is 0.393 e. The molecule has 17 heavy (non-hydrogen) atoms. The summed E-state index contributed by atoms with van der Waals surface area (Å²) in [6, 6.07) is 10.4. The Morgan fingerprint density at radius 1 is 1.29 bits per heavy atom. The molecule has 0 aromatic heterocycles. The second-order valence-electron chi connectivity index (χ2n) is 4.74. The number of aliphatic hydroxyl groups excluding tert-OH is 1. The monoisotopic (exact) mass is 236 g/mol. The topological polar surface area (TPSA) is 49.5 Å². The van der Waals surface area contributed by atoms with Gasteiger partial charge in [0.1, 0.15) is 0 Å². The summed E-state index contributed by atoms with van der Waals surface area (Å²) < 4.78 is 0. The molecule has 0 spiro atoms. The van der Waals surface area contributed by atoms with Crippen molar-refractivity contribution in [3.63, 3.8) is 0 Å². The Balaban J connectivity index is 2.47. The van der Waals surface area contributed by atoms with Crippen molar-refractivity contribution in [3.8, 4) is 0 Å². The predicted octanol–water partition coefficient (Wildman–Crippen LogP) is 1.43. The van der Waals surface area contributed by atoms with Gasteiger partial charge in [-0.2, -0.15) is 0 Å². The molecule has 0 radical (unpaired) electrons. The zero-order valence-corrected chi connectivity index (χ0v) is 10.8. The highest BCUT2D eigenvalue weighted by molar-refractivity contribution is 5.20. The first-order valence-electron chi connectivity index (χ1n) is 6.25. The van der Waals surface area contributed by atoms with Crippen molar-refractivity contribution >= 4 is 0 Å². The molecule has 2 atom stereocenters. The second kappa shape index (κ2) is 7.43. The number of likely N-dealkylation sites (N-methyl/N-ethyl adjacent to an activating group) is 1. The highest BCUT2D eigenvalue weighted by atomic mass is 16.3. The third-order valence-corrected chi connectivity index (χ3v) is 3.02. The maximum absolute atomic E-state index is 9.26. The predicted molar refractivity (Wildman–Crippen MR) is 72.0 cm³/mol. The number of benzene rings is 1. The number of rotatable bonds is 7. The Bertz CT molecular complexity index is 300. The van der Waals surface area contributed by atoms with Crippen LogP contribution in [0.25, 0.3) is 0 Å². The van der Waals surface area contributed by atoms with E-state index in [0.29, 0.717) is 12.5 Å². The first-order valence-corrected chi connectivity index (χ1v) is 6.25. The molecule has 3 heteroatoms. The second-order valence-corrected chi connectivity index (χ2v) is 4.74. The van der Waals surface area contributed by atoms with Crippen molar-refractivity contribution in [3.05, 3.63) is 35.9 Å². The molecule has 0 saturated heterocycles. The number of hydrogen-bond donors (Lipinski definition) is 2. The van der Waals surface area contributed by atoms with Crippen molar-refractivity contribution in [2.75, 3.05) is 26.7 Å². The maximum atomic E-state index is 9.26. The fraction of sp³-hybridized carbons (Fsp3) is 0.571. The van der Waals surface area contributed by atoms with Crippen LogP contribution >= 0.6 is 0 Å². The van der Waals surface area contributed by atoms with Crippen molar-refractivity contribution in [1.82, 2.24) is 4.90 Å². The molecule has 3 N–H and O–H groups in total. The van der Waals surface area contributed by atoms with Gasteiger partial charge in [-0.25, -0.2) is 0 Å². The molecule has 1 rings (SSSR count). The molecule has 0 bridgehead atoms. The Morgan fingerprint density at radius 2 is 1.94 bits per heavy atom. The molecule has 1 aromatic rings. The van der Waals surface area contributed by atoms with Crippen LogP contribution in [0.3, 0.4) is 0 Å². The van der Waals surface area contributed by atoms with E-state index in [9.17, 15) is 5.11 Å². The number of nitrogens with two attached hydrogens (primary N) is 1. The van der Waals surface area contributed by atoms with Crippen LogP contribution in [-0.4, -0.2) is 42.8 Å². The first-order chi connectivity index (χ1) is 8.13. The Labute approximate surface area is 104 Å². The number of hydrogen-bond acceptors (Lipinski definition) is 3. The summed E-state index contributed by atoms with van der Waals surface area (Å²) in [5, 5.41) is 9.26. The standard InChI is InChI=1S/C14H24N2O/c1-12(17)8-9-16(2)11-14(10-15)13-6-4-3-5-7-13/h3-7,12,14,17H,8-11,15H2,1-2H3. The van der Waals surface area contributed by atoms with Crippen molar-refractivity contribution in [2.24, 2.45) is 5.73 Å². The highest BCUT2D eigenvalue weighted by Crippen LogP contribution is 2.15. The van der Waals surface area contributed by atoms with Crippen LogP contribution in [0.15, 0.2) is 30.3 Å². The van der Waals surface area contributed by atoms with E-state index in [0.717, 1.165) is 19.5 Å². The van der Waals surface area contributed by atoms with Crippen LogP contribution in [0.4, 0.5) is 0 Å². The fourth-order valence-electron chi connectivity index (χ4n) is 1.92. The summed E-state index contributed by atoms with van der Waals surface area (Å²) in [4.78, 5) is 2.23. The van der Waals surface area contributed by atoms with Gasteiger partial charge in [0.25, 0.3) is 0 Å². The number of aliphatic hydroxyl groups is 1. The third kappa shape index (κ3) is 5.31. The Hall–Kier alpha value is -0.900. The van der Waals surface area contributed by atoms with Crippen LogP contribution in [0.1, 0.15) is 24.8 Å². The minimum Gasteiger partial charge on any atom is -0.393 e. The van der Waals surface area contributed by atoms with E-state index in [2.05, 4.69) is 24.1 Å². The van der Waals surface area contributed by atoms with E-state index < -0.39 is 0 Å². The molecule has 0 amide bonds. The Kier molecular flexibility index (Phi) is 6.19. The summed E-state index contributed by atoms with van der Waals surface area (Å²) in [6.07, 6.45) is 0.577. The van der Waals surface area contributed by atoms with Crippen LogP contribution in [0, 0.1) is 0 Å². The van der Waals surface area contributed by atoms with Crippen LogP contribution in [-0.2, 0) is 0 Å². The van der Waals surface area contributed by atoms with Gasteiger partial charge in [0.05, 0.1) is 6.10 Å². The van der Waals surface area contributed by atoms with Gasteiger partial charge >= 0.3 is 0 Å². The molecule has 3 nitrogen and oxygen atoms in total. The first kappa shape index (κ1) is 14.2. The third-order valence-electron chi connectivity index (χ3n) is 3.02. The molecule has 96 valence electrons. The molecule has 0 aliphatic heterocycles. The lowest BCUT2D eigenvalue weighted by Gasteiger charge is -2.23. The summed E-state index contributed by atoms with van der Waals surface area (Å²) in [5.41, 5.74) is 7.12. The SMILES string of the molecule is CC(O)CCN(C)CC(CN)c1ccccc1. The van der Waals surface area contributed by atoms with Crippen LogP contribution in [0.5, 0.6) is 0 Å². The molecule has 0 aliphatic rings. The normalized spacial score (nSPS) is 14.9. The highest BCUT2D eigenvalue weighted by Gasteiger charge is 2.12. The maximum Gasteiger partial charge on any atom is 0.0524 e. The van der Waals surface area contributed by atoms with Gasteiger partial charge in [-0.15, -0.1) is 0 Å². The Morgan fingerprint density at radius 3 is 2.47 bits per heavy atom. The van der Waals surface area contributed by atoms with Gasteiger partial charge in [-0.1, -0.05) is 30.3 Å². The summed E-state index contributed by atoms with van der Waals surface area (Å²) in [7, 11) is 2.08. The summed E-state index contributed by atoms with van der Waals surface area (Å²) in [6.45, 7) is 4.32. The van der Waals surface area contributed by atoms with E-state index in [1.54, 1.807) is 0 Å². The van der Waals surface area contributed by atoms with Crippen molar-refractivity contribution in [2.45, 2.75) is 25.4 Å². The quantitative estimate of drug-likeness (QED) is 0.753. The van der Waals surface area contributed by atoms with Gasteiger partial charge in [-0.3, -0.25) is 0 Å². The van der Waals surface area contributed by atoms with E-state index in [1.165, 1.54) is 5.56 Å². The molecule has 0 saturated carbocycles. The van der Waals surface area contributed by atoms with Gasteiger partial charge < -0.3 is 15.7 Å². The minimum absolute atomic E-state index is 0.231. The van der Waals surface area contributed by atoms with Crippen LogP contribution in [0.2, 0.25) is 0 Å². The molecule has 0 heterocycles. The summed E-state index contributed by atoms with van der Waals surface area (Å²) in [5.74, 6) is 0.371. The van der Waals surface area contributed by atoms with Crippen molar-refractivity contribution < 1.29 is 5.11 Å². The number of nitrogens with zero attached hydrogens (tertiary/aromatic N) is 1. The van der Waals surface area contributed by atoms with Gasteiger partial charge in [0.2, 0.25) is 0 Å². The average Bonchev–Trinajstić information content (AvgIpc) is 2.34. The molecule has 0 fully saturated rings. The van der Waals surface area contributed by atoms with Gasteiger partial charge in [0, 0.05) is 25.6 Å². The van der Waals surface area contributed by atoms with E-state index in [4.69, 9.17) is 5.73 Å². The summed E-state index contributed by atoms with van der Waals surface area (Å²) >= 11 is 0. The van der Waals surface area contributed by atoms with E-state index >= 15 is 0 Å². The molecule has 2 unspecified atom stereocenters. The minimum atomic E-state index is -0.231. The lowest BCUT2D eigenvalue weighted by molar-refractivity contribution is 0.162. The van der Waals surface area contributed by atoms with E-state index in [-0.39, 0.29) is 6.10 Å². The van der Waals surface area contributed by atoms with Crippen molar-refractivity contribution in [1.29, 1.82) is 0 Å². The van der Waals surface area contributed by atoms with E-state index in [1.807, 2.05) is 25.1 Å². The molecular formula is C14H24N2O. The average molecular weight is 236 g/mol. The lowest BCUT2D eigenvalue weighted by Crippen LogP contribution is -2.30.